The molecular formula is C19H19N3O2S. The molecule has 0 aliphatic carbocycles. The summed E-state index contributed by atoms with van der Waals surface area (Å²) in [6, 6.07) is 15.7. The van der Waals surface area contributed by atoms with E-state index < -0.39 is 6.10 Å². The fourth-order valence-electron chi connectivity index (χ4n) is 2.26. The van der Waals surface area contributed by atoms with E-state index in [1.165, 1.54) is 11.3 Å². The summed E-state index contributed by atoms with van der Waals surface area (Å²) in [5.41, 5.74) is 3.05. The van der Waals surface area contributed by atoms with Gasteiger partial charge < -0.3 is 4.74 Å². The second kappa shape index (κ2) is 7.44. The minimum atomic E-state index is -0.635. The molecule has 0 unspecified atom stereocenters. The summed E-state index contributed by atoms with van der Waals surface area (Å²) in [6.45, 7) is 5.66. The molecule has 1 N–H and O–H groups in total. The van der Waals surface area contributed by atoms with Gasteiger partial charge in [0.25, 0.3) is 5.91 Å². The first-order chi connectivity index (χ1) is 12.0. The standard InChI is InChI=1S/C19H19N3O2S/c1-12-9-10-13(2)16(11-12)24-14(3)17(23)20-19-22-21-18(25-19)15-7-5-4-6-8-15/h4-11,14H,1-3H3,(H,20,22,23)/t14-/m0/s1. The fourth-order valence-corrected chi connectivity index (χ4v) is 3.01. The van der Waals surface area contributed by atoms with Gasteiger partial charge in [-0.25, -0.2) is 0 Å². The average molecular weight is 353 g/mol. The lowest BCUT2D eigenvalue weighted by Crippen LogP contribution is -2.30. The number of benzene rings is 2. The first-order valence-electron chi connectivity index (χ1n) is 7.96. The molecule has 0 saturated carbocycles. The number of aryl methyl sites for hydroxylation is 2. The molecule has 3 aromatic rings. The Morgan fingerprint density at radius 3 is 2.64 bits per heavy atom. The number of hydrogen-bond donors (Lipinski definition) is 1. The summed E-state index contributed by atoms with van der Waals surface area (Å²) >= 11 is 1.33. The number of nitrogens with one attached hydrogen (secondary N) is 1. The number of rotatable bonds is 5. The van der Waals surface area contributed by atoms with Gasteiger partial charge in [0.05, 0.1) is 0 Å². The van der Waals surface area contributed by atoms with Gasteiger partial charge in [0.1, 0.15) is 10.8 Å². The summed E-state index contributed by atoms with van der Waals surface area (Å²) in [4.78, 5) is 12.4. The second-order valence-corrected chi connectivity index (χ2v) is 6.77. The summed E-state index contributed by atoms with van der Waals surface area (Å²) < 4.78 is 5.80. The van der Waals surface area contributed by atoms with E-state index in [0.29, 0.717) is 10.9 Å². The van der Waals surface area contributed by atoms with Gasteiger partial charge in [-0.3, -0.25) is 10.1 Å². The van der Waals surface area contributed by atoms with Crippen LogP contribution in [-0.4, -0.2) is 22.2 Å². The first kappa shape index (κ1) is 17.1. The Balaban J connectivity index is 1.66. The summed E-state index contributed by atoms with van der Waals surface area (Å²) in [5.74, 6) is 0.460. The van der Waals surface area contributed by atoms with E-state index in [0.717, 1.165) is 21.7 Å². The molecule has 0 spiro atoms. The van der Waals surface area contributed by atoms with E-state index in [2.05, 4.69) is 15.5 Å². The molecule has 0 aliphatic heterocycles. The summed E-state index contributed by atoms with van der Waals surface area (Å²) in [5, 5.41) is 12.1. The largest absolute Gasteiger partial charge is 0.481 e. The Morgan fingerprint density at radius 1 is 1.12 bits per heavy atom. The minimum Gasteiger partial charge on any atom is -0.481 e. The van der Waals surface area contributed by atoms with Crippen LogP contribution in [0.3, 0.4) is 0 Å². The number of carbonyl (C=O) groups excluding carboxylic acids is 1. The molecule has 0 saturated heterocycles. The van der Waals surface area contributed by atoms with E-state index in [9.17, 15) is 4.79 Å². The molecule has 0 radical (unpaired) electrons. The number of ether oxygens (including phenoxy) is 1. The predicted octanol–water partition coefficient (Wildman–Crippen LogP) is 4.23. The zero-order chi connectivity index (χ0) is 17.8. The van der Waals surface area contributed by atoms with Crippen LogP contribution in [0.1, 0.15) is 18.1 Å². The van der Waals surface area contributed by atoms with Gasteiger partial charge in [0, 0.05) is 5.56 Å². The van der Waals surface area contributed by atoms with Crippen LogP contribution in [0, 0.1) is 13.8 Å². The van der Waals surface area contributed by atoms with Crippen molar-refractivity contribution in [2.24, 2.45) is 0 Å². The molecule has 1 aromatic heterocycles. The lowest BCUT2D eigenvalue weighted by atomic mass is 10.1. The minimum absolute atomic E-state index is 0.253. The predicted molar refractivity (Wildman–Crippen MR) is 100.0 cm³/mol. The maximum absolute atomic E-state index is 12.4. The van der Waals surface area contributed by atoms with Gasteiger partial charge in [-0.15, -0.1) is 10.2 Å². The van der Waals surface area contributed by atoms with Crippen molar-refractivity contribution < 1.29 is 9.53 Å². The van der Waals surface area contributed by atoms with Gasteiger partial charge in [0.2, 0.25) is 5.13 Å². The Bertz CT molecular complexity index is 877. The van der Waals surface area contributed by atoms with Crippen molar-refractivity contribution in [1.29, 1.82) is 0 Å². The third-order valence-electron chi connectivity index (χ3n) is 3.69. The fraction of sp³-hybridized carbons (Fsp3) is 0.211. The zero-order valence-electron chi connectivity index (χ0n) is 14.3. The van der Waals surface area contributed by atoms with Crippen LogP contribution in [-0.2, 0) is 4.79 Å². The number of carbonyl (C=O) groups is 1. The number of amides is 1. The van der Waals surface area contributed by atoms with Gasteiger partial charge in [-0.1, -0.05) is 53.8 Å². The second-order valence-electron chi connectivity index (χ2n) is 5.80. The van der Waals surface area contributed by atoms with Crippen LogP contribution in [0.15, 0.2) is 48.5 Å². The van der Waals surface area contributed by atoms with Crippen LogP contribution in [0.25, 0.3) is 10.6 Å². The quantitative estimate of drug-likeness (QED) is 0.745. The highest BCUT2D eigenvalue weighted by atomic mass is 32.1. The van der Waals surface area contributed by atoms with Crippen LogP contribution in [0.5, 0.6) is 5.75 Å². The molecule has 1 atom stereocenters. The summed E-state index contributed by atoms with van der Waals surface area (Å²) in [6.07, 6.45) is -0.635. The maximum Gasteiger partial charge on any atom is 0.266 e. The molecule has 3 rings (SSSR count). The van der Waals surface area contributed by atoms with Gasteiger partial charge in [-0.2, -0.15) is 0 Å². The van der Waals surface area contributed by atoms with Crippen molar-refractivity contribution >= 4 is 22.4 Å². The van der Waals surface area contributed by atoms with Gasteiger partial charge in [-0.05, 0) is 38.0 Å². The number of nitrogens with zero attached hydrogens (tertiary/aromatic N) is 2. The van der Waals surface area contributed by atoms with Gasteiger partial charge >= 0.3 is 0 Å². The molecule has 5 nitrogen and oxygen atoms in total. The Labute approximate surface area is 150 Å². The van der Waals surface area contributed by atoms with Crippen LogP contribution in [0.4, 0.5) is 5.13 Å². The highest BCUT2D eigenvalue weighted by Crippen LogP contribution is 2.26. The highest BCUT2D eigenvalue weighted by Gasteiger charge is 2.18. The number of anilines is 1. The van der Waals surface area contributed by atoms with Crippen molar-refractivity contribution in [3.05, 3.63) is 59.7 Å². The summed E-state index contributed by atoms with van der Waals surface area (Å²) in [7, 11) is 0. The normalized spacial score (nSPS) is 11.8. The van der Waals surface area contributed by atoms with Crippen molar-refractivity contribution in [3.8, 4) is 16.3 Å². The molecule has 25 heavy (non-hydrogen) atoms. The van der Waals surface area contributed by atoms with Crippen molar-refractivity contribution in [2.45, 2.75) is 26.9 Å². The number of hydrogen-bond acceptors (Lipinski definition) is 5. The van der Waals surface area contributed by atoms with Crippen molar-refractivity contribution in [2.75, 3.05) is 5.32 Å². The van der Waals surface area contributed by atoms with Crippen molar-refractivity contribution in [1.82, 2.24) is 10.2 Å². The Hall–Kier alpha value is -2.73. The molecule has 1 heterocycles. The molecule has 1 amide bonds. The molecule has 128 valence electrons. The maximum atomic E-state index is 12.4. The van der Waals surface area contributed by atoms with E-state index in [1.54, 1.807) is 6.92 Å². The van der Waals surface area contributed by atoms with Crippen LogP contribution in [0.2, 0.25) is 0 Å². The first-order valence-corrected chi connectivity index (χ1v) is 8.78. The topological polar surface area (TPSA) is 64.1 Å². The molecule has 0 aliphatic rings. The third kappa shape index (κ3) is 4.22. The monoisotopic (exact) mass is 353 g/mol. The SMILES string of the molecule is Cc1ccc(C)c(O[C@@H](C)C(=O)Nc2nnc(-c3ccccc3)s2)c1. The van der Waals surface area contributed by atoms with E-state index in [1.807, 2.05) is 62.4 Å². The zero-order valence-corrected chi connectivity index (χ0v) is 15.1. The van der Waals surface area contributed by atoms with Crippen LogP contribution >= 0.6 is 11.3 Å². The van der Waals surface area contributed by atoms with Gasteiger partial charge in [0.15, 0.2) is 6.10 Å². The lowest BCUT2D eigenvalue weighted by molar-refractivity contribution is -0.122. The molecule has 0 fully saturated rings. The lowest BCUT2D eigenvalue weighted by Gasteiger charge is -2.15. The van der Waals surface area contributed by atoms with Crippen LogP contribution < -0.4 is 10.1 Å². The number of aromatic nitrogens is 2. The highest BCUT2D eigenvalue weighted by molar-refractivity contribution is 7.18. The molecular weight excluding hydrogens is 334 g/mol. The Kier molecular flexibility index (Phi) is 5.09. The van der Waals surface area contributed by atoms with E-state index in [-0.39, 0.29) is 5.91 Å². The molecule has 6 heteroatoms. The van der Waals surface area contributed by atoms with E-state index in [4.69, 9.17) is 4.74 Å². The third-order valence-corrected chi connectivity index (χ3v) is 4.58. The smallest absolute Gasteiger partial charge is 0.266 e. The Morgan fingerprint density at radius 2 is 1.88 bits per heavy atom. The molecule has 2 aromatic carbocycles. The molecule has 0 bridgehead atoms. The van der Waals surface area contributed by atoms with E-state index >= 15 is 0 Å². The van der Waals surface area contributed by atoms with Crippen molar-refractivity contribution in [3.63, 3.8) is 0 Å². The average Bonchev–Trinajstić information content (AvgIpc) is 3.07.